The summed E-state index contributed by atoms with van der Waals surface area (Å²) in [6.07, 6.45) is 3.28. The monoisotopic (exact) mass is 292 g/mol. The molecule has 1 aromatic rings. The van der Waals surface area contributed by atoms with Crippen molar-refractivity contribution in [1.82, 2.24) is 0 Å². The second-order valence-corrected chi connectivity index (χ2v) is 5.41. The molecule has 0 saturated heterocycles. The summed E-state index contributed by atoms with van der Waals surface area (Å²) in [5.74, 6) is 0.511. The van der Waals surface area contributed by atoms with Crippen LogP contribution in [0.15, 0.2) is 36.4 Å². The van der Waals surface area contributed by atoms with E-state index in [2.05, 4.69) is 0 Å². The quantitative estimate of drug-likeness (QED) is 0.544. The zero-order valence-electron chi connectivity index (χ0n) is 13.2. The minimum absolute atomic E-state index is 0.223. The van der Waals surface area contributed by atoms with Crippen molar-refractivity contribution in [2.75, 3.05) is 20.3 Å². The first-order chi connectivity index (χ1) is 9.96. The largest absolute Gasteiger partial charge is 0.497 e. The number of benzene rings is 1. The summed E-state index contributed by atoms with van der Waals surface area (Å²) in [4.78, 5) is 11.3. The van der Waals surface area contributed by atoms with Crippen molar-refractivity contribution < 1.29 is 19.0 Å². The van der Waals surface area contributed by atoms with Gasteiger partial charge in [0.1, 0.15) is 5.75 Å². The van der Waals surface area contributed by atoms with Gasteiger partial charge in [0.05, 0.1) is 26.9 Å². The van der Waals surface area contributed by atoms with Crippen molar-refractivity contribution in [3.63, 3.8) is 0 Å². The summed E-state index contributed by atoms with van der Waals surface area (Å²) in [7, 11) is 1.64. The van der Waals surface area contributed by atoms with Crippen molar-refractivity contribution >= 4 is 5.97 Å². The van der Waals surface area contributed by atoms with Crippen LogP contribution in [0, 0.1) is 5.41 Å². The molecule has 1 aromatic carbocycles. The van der Waals surface area contributed by atoms with E-state index >= 15 is 0 Å². The molecule has 0 aliphatic carbocycles. The van der Waals surface area contributed by atoms with Gasteiger partial charge in [-0.05, 0) is 24.6 Å². The summed E-state index contributed by atoms with van der Waals surface area (Å²) >= 11 is 0. The highest BCUT2D eigenvalue weighted by molar-refractivity contribution is 5.81. The Hall–Kier alpha value is -1.81. The fraction of sp³-hybridized carbons (Fsp3) is 0.471. The predicted molar refractivity (Wildman–Crippen MR) is 82.2 cm³/mol. The summed E-state index contributed by atoms with van der Waals surface area (Å²) in [5, 5.41) is 0. The van der Waals surface area contributed by atoms with E-state index < -0.39 is 0 Å². The number of esters is 1. The van der Waals surface area contributed by atoms with Gasteiger partial charge >= 0.3 is 5.97 Å². The van der Waals surface area contributed by atoms with Crippen LogP contribution in [0.3, 0.4) is 0 Å². The third-order valence-corrected chi connectivity index (χ3v) is 2.86. The molecule has 0 aliphatic rings. The van der Waals surface area contributed by atoms with Crippen LogP contribution >= 0.6 is 0 Å². The lowest BCUT2D eigenvalue weighted by Gasteiger charge is -2.20. The maximum Gasteiger partial charge on any atom is 0.330 e. The van der Waals surface area contributed by atoms with Crippen LogP contribution in [0.2, 0.25) is 0 Å². The normalized spacial score (nSPS) is 11.6. The summed E-state index contributed by atoms with van der Waals surface area (Å²) in [6, 6.07) is 7.76. The van der Waals surface area contributed by atoms with Crippen molar-refractivity contribution in [1.29, 1.82) is 0 Å². The lowest BCUT2D eigenvalue weighted by atomic mass is 9.94. The Balaban J connectivity index is 2.40. The molecule has 0 saturated carbocycles. The molecule has 1 rings (SSSR count). The van der Waals surface area contributed by atoms with Gasteiger partial charge in [0.2, 0.25) is 0 Å². The number of methoxy groups -OCH3 is 1. The Bertz CT molecular complexity index is 460. The van der Waals surface area contributed by atoms with E-state index in [4.69, 9.17) is 14.2 Å². The first-order valence-corrected chi connectivity index (χ1v) is 7.03. The number of hydrogen-bond acceptors (Lipinski definition) is 4. The number of carbonyl (C=O) groups is 1. The third kappa shape index (κ3) is 6.95. The van der Waals surface area contributed by atoms with Crippen LogP contribution in [0.5, 0.6) is 5.75 Å². The van der Waals surface area contributed by atoms with Gasteiger partial charge in [-0.15, -0.1) is 0 Å². The Kier molecular flexibility index (Phi) is 6.96. The van der Waals surface area contributed by atoms with Gasteiger partial charge in [-0.2, -0.15) is 0 Å². The molecular weight excluding hydrogens is 268 g/mol. The minimum Gasteiger partial charge on any atom is -0.497 e. The van der Waals surface area contributed by atoms with Crippen LogP contribution in [0.25, 0.3) is 0 Å². The van der Waals surface area contributed by atoms with Crippen LogP contribution in [-0.2, 0) is 20.9 Å². The van der Waals surface area contributed by atoms with Crippen LogP contribution in [-0.4, -0.2) is 26.3 Å². The average molecular weight is 292 g/mol. The predicted octanol–water partition coefficient (Wildman–Crippen LogP) is 3.36. The fourth-order valence-corrected chi connectivity index (χ4v) is 1.69. The molecule has 0 amide bonds. The lowest BCUT2D eigenvalue weighted by Crippen LogP contribution is -2.17. The molecule has 0 N–H and O–H groups in total. The Morgan fingerprint density at radius 3 is 2.48 bits per heavy atom. The second kappa shape index (κ2) is 8.47. The van der Waals surface area contributed by atoms with Gasteiger partial charge in [0, 0.05) is 11.5 Å². The summed E-state index contributed by atoms with van der Waals surface area (Å²) in [6.45, 7) is 7.25. The SMILES string of the molecule is CCOC(=O)/C=C/C(C)(C)COCc1ccc(OC)cc1. The van der Waals surface area contributed by atoms with Crippen LogP contribution < -0.4 is 4.74 Å². The van der Waals surface area contributed by atoms with Crippen molar-refractivity contribution in [2.45, 2.75) is 27.4 Å². The molecular formula is C17H24O4. The van der Waals surface area contributed by atoms with Crippen molar-refractivity contribution in [3.05, 3.63) is 42.0 Å². The minimum atomic E-state index is -0.319. The molecule has 0 aromatic heterocycles. The highest BCUT2D eigenvalue weighted by Gasteiger charge is 2.15. The number of rotatable bonds is 8. The topological polar surface area (TPSA) is 44.8 Å². The van der Waals surface area contributed by atoms with Crippen molar-refractivity contribution in [2.24, 2.45) is 5.41 Å². The van der Waals surface area contributed by atoms with Crippen molar-refractivity contribution in [3.8, 4) is 5.75 Å². The highest BCUT2D eigenvalue weighted by Crippen LogP contribution is 2.19. The van der Waals surface area contributed by atoms with Crippen LogP contribution in [0.4, 0.5) is 0 Å². The Morgan fingerprint density at radius 2 is 1.90 bits per heavy atom. The van der Waals surface area contributed by atoms with Gasteiger partial charge in [0.25, 0.3) is 0 Å². The molecule has 0 spiro atoms. The Morgan fingerprint density at radius 1 is 1.24 bits per heavy atom. The molecule has 116 valence electrons. The van der Waals surface area contributed by atoms with Gasteiger partial charge < -0.3 is 14.2 Å². The Labute approximate surface area is 126 Å². The average Bonchev–Trinajstić information content (AvgIpc) is 2.46. The molecule has 0 bridgehead atoms. The maximum atomic E-state index is 11.3. The van der Waals surface area contributed by atoms with Gasteiger partial charge in [-0.25, -0.2) is 4.79 Å². The molecule has 0 heterocycles. The molecule has 0 radical (unpaired) electrons. The molecule has 4 nitrogen and oxygen atoms in total. The van der Waals surface area contributed by atoms with E-state index in [-0.39, 0.29) is 11.4 Å². The highest BCUT2D eigenvalue weighted by atomic mass is 16.5. The molecule has 0 fully saturated rings. The summed E-state index contributed by atoms with van der Waals surface area (Å²) < 4.78 is 15.7. The van der Waals surface area contributed by atoms with E-state index in [0.29, 0.717) is 19.8 Å². The zero-order valence-corrected chi connectivity index (χ0v) is 13.2. The standard InChI is InChI=1S/C17H24O4/c1-5-21-16(18)10-11-17(2,3)13-20-12-14-6-8-15(19-4)9-7-14/h6-11H,5,12-13H2,1-4H3/b11-10+. The second-order valence-electron chi connectivity index (χ2n) is 5.41. The summed E-state index contributed by atoms with van der Waals surface area (Å²) in [5.41, 5.74) is 0.861. The van der Waals surface area contributed by atoms with Crippen LogP contribution in [0.1, 0.15) is 26.3 Å². The van der Waals surface area contributed by atoms with E-state index in [0.717, 1.165) is 11.3 Å². The lowest BCUT2D eigenvalue weighted by molar-refractivity contribution is -0.137. The maximum absolute atomic E-state index is 11.3. The van der Waals surface area contributed by atoms with E-state index in [1.165, 1.54) is 6.08 Å². The fourth-order valence-electron chi connectivity index (χ4n) is 1.69. The first kappa shape index (κ1) is 17.2. The molecule has 4 heteroatoms. The molecule has 21 heavy (non-hydrogen) atoms. The van der Waals surface area contributed by atoms with Gasteiger partial charge in [-0.3, -0.25) is 0 Å². The molecule has 0 aliphatic heterocycles. The number of hydrogen-bond donors (Lipinski definition) is 0. The first-order valence-electron chi connectivity index (χ1n) is 7.03. The number of carbonyl (C=O) groups excluding carboxylic acids is 1. The van der Waals surface area contributed by atoms with Gasteiger partial charge in [0.15, 0.2) is 0 Å². The zero-order chi connectivity index (χ0) is 15.7. The molecule has 0 unspecified atom stereocenters. The van der Waals surface area contributed by atoms with E-state index in [9.17, 15) is 4.79 Å². The molecule has 0 atom stereocenters. The number of ether oxygens (including phenoxy) is 3. The van der Waals surface area contributed by atoms with E-state index in [1.807, 2.05) is 44.2 Å². The van der Waals surface area contributed by atoms with E-state index in [1.54, 1.807) is 14.0 Å². The van der Waals surface area contributed by atoms with Gasteiger partial charge in [-0.1, -0.05) is 32.1 Å². The smallest absolute Gasteiger partial charge is 0.330 e. The third-order valence-electron chi connectivity index (χ3n) is 2.86.